The summed E-state index contributed by atoms with van der Waals surface area (Å²) in [6, 6.07) is 0.397. The zero-order valence-electron chi connectivity index (χ0n) is 8.67. The fraction of sp³-hybridized carbons (Fsp3) is 1.00. The smallest absolute Gasteiger partial charge is 0.0586 e. The molecule has 72 valence electrons. The van der Waals surface area contributed by atoms with Crippen LogP contribution < -0.4 is 0 Å². The van der Waals surface area contributed by atoms with Crippen LogP contribution in [-0.4, -0.2) is 36.2 Å². The summed E-state index contributed by atoms with van der Waals surface area (Å²) in [6.07, 6.45) is 1.15. The van der Waals surface area contributed by atoms with Gasteiger partial charge in [-0.3, -0.25) is 0 Å². The Morgan fingerprint density at radius 2 is 2.00 bits per heavy atom. The minimum atomic E-state index is 0.309. The van der Waals surface area contributed by atoms with E-state index in [1.807, 2.05) is 0 Å². The molecule has 2 nitrogen and oxygen atoms in total. The van der Waals surface area contributed by atoms with E-state index < -0.39 is 0 Å². The lowest BCUT2D eigenvalue weighted by Gasteiger charge is -2.26. The Bertz CT molecular complexity index is 150. The lowest BCUT2D eigenvalue weighted by atomic mass is 9.79. The molecule has 1 aliphatic rings. The van der Waals surface area contributed by atoms with E-state index in [1.54, 1.807) is 0 Å². The first-order chi connectivity index (χ1) is 5.45. The Balaban J connectivity index is 2.54. The van der Waals surface area contributed by atoms with Gasteiger partial charge < -0.3 is 10.0 Å². The van der Waals surface area contributed by atoms with Gasteiger partial charge in [-0.05, 0) is 24.8 Å². The Kier molecular flexibility index (Phi) is 2.79. The van der Waals surface area contributed by atoms with Gasteiger partial charge in [0, 0.05) is 12.6 Å². The first kappa shape index (κ1) is 10.0. The van der Waals surface area contributed by atoms with Crippen LogP contribution in [0, 0.1) is 11.3 Å². The zero-order valence-corrected chi connectivity index (χ0v) is 8.67. The highest BCUT2D eigenvalue weighted by Crippen LogP contribution is 2.35. The first-order valence-corrected chi connectivity index (χ1v) is 4.76. The van der Waals surface area contributed by atoms with E-state index in [1.165, 1.54) is 0 Å². The molecule has 2 atom stereocenters. The van der Waals surface area contributed by atoms with Crippen molar-refractivity contribution in [3.8, 4) is 0 Å². The number of likely N-dealkylation sites (N-methyl/N-ethyl adjacent to an activating group) is 1. The summed E-state index contributed by atoms with van der Waals surface area (Å²) in [5, 5.41) is 9.08. The highest BCUT2D eigenvalue weighted by Gasteiger charge is 2.35. The van der Waals surface area contributed by atoms with Crippen molar-refractivity contribution >= 4 is 0 Å². The fourth-order valence-electron chi connectivity index (χ4n) is 1.92. The van der Waals surface area contributed by atoms with Gasteiger partial charge in [-0.25, -0.2) is 0 Å². The molecule has 1 fully saturated rings. The Morgan fingerprint density at radius 1 is 1.42 bits per heavy atom. The van der Waals surface area contributed by atoms with E-state index in [2.05, 4.69) is 32.7 Å². The summed E-state index contributed by atoms with van der Waals surface area (Å²) in [5.41, 5.74) is 0.387. The van der Waals surface area contributed by atoms with Gasteiger partial charge in [0.05, 0.1) is 6.61 Å². The predicted octanol–water partition coefficient (Wildman–Crippen LogP) is 1.35. The highest BCUT2D eigenvalue weighted by atomic mass is 16.3. The average Bonchev–Trinajstić information content (AvgIpc) is 2.29. The van der Waals surface area contributed by atoms with Crippen LogP contribution in [0.1, 0.15) is 27.2 Å². The molecule has 0 spiro atoms. The van der Waals surface area contributed by atoms with Crippen LogP contribution in [0.4, 0.5) is 0 Å². The molecule has 2 heteroatoms. The van der Waals surface area contributed by atoms with Gasteiger partial charge in [0.25, 0.3) is 0 Å². The second-order valence-corrected chi connectivity index (χ2v) is 5.07. The van der Waals surface area contributed by atoms with E-state index in [0.717, 1.165) is 18.9 Å². The second kappa shape index (κ2) is 3.35. The van der Waals surface area contributed by atoms with Crippen LogP contribution in [0.5, 0.6) is 0 Å². The minimum absolute atomic E-state index is 0.309. The second-order valence-electron chi connectivity index (χ2n) is 5.07. The maximum Gasteiger partial charge on any atom is 0.0586 e. The Hall–Kier alpha value is -0.0800. The summed E-state index contributed by atoms with van der Waals surface area (Å²) < 4.78 is 0. The largest absolute Gasteiger partial charge is 0.395 e. The number of likely N-dealkylation sites (tertiary alicyclic amines) is 1. The van der Waals surface area contributed by atoms with Crippen LogP contribution >= 0.6 is 0 Å². The van der Waals surface area contributed by atoms with Gasteiger partial charge in [0.15, 0.2) is 0 Å². The van der Waals surface area contributed by atoms with Crippen molar-refractivity contribution in [2.24, 2.45) is 11.3 Å². The van der Waals surface area contributed by atoms with E-state index in [0.29, 0.717) is 18.1 Å². The van der Waals surface area contributed by atoms with Crippen LogP contribution in [0.25, 0.3) is 0 Å². The summed E-state index contributed by atoms with van der Waals surface area (Å²) in [6.45, 7) is 8.29. The molecule has 1 unspecified atom stereocenters. The fourth-order valence-corrected chi connectivity index (χ4v) is 1.92. The summed E-state index contributed by atoms with van der Waals surface area (Å²) in [4.78, 5) is 2.27. The topological polar surface area (TPSA) is 23.5 Å². The molecule has 12 heavy (non-hydrogen) atoms. The van der Waals surface area contributed by atoms with Crippen molar-refractivity contribution in [1.82, 2.24) is 4.90 Å². The third kappa shape index (κ3) is 1.99. The molecule has 0 aromatic heterocycles. The normalized spacial score (nSPS) is 32.8. The monoisotopic (exact) mass is 171 g/mol. The van der Waals surface area contributed by atoms with Crippen LogP contribution in [0.2, 0.25) is 0 Å². The van der Waals surface area contributed by atoms with Crippen LogP contribution in [0.3, 0.4) is 0 Å². The maximum absolute atomic E-state index is 9.08. The number of nitrogens with zero attached hydrogens (tertiary/aromatic N) is 1. The van der Waals surface area contributed by atoms with Gasteiger partial charge in [-0.2, -0.15) is 0 Å². The summed E-state index contributed by atoms with van der Waals surface area (Å²) in [7, 11) is 2.10. The molecular formula is C10H21NO. The number of rotatable bonds is 1. The molecule has 1 saturated heterocycles. The van der Waals surface area contributed by atoms with Crippen LogP contribution in [0.15, 0.2) is 0 Å². The molecule has 0 aliphatic carbocycles. The average molecular weight is 171 g/mol. The molecule has 0 aromatic rings. The lowest BCUT2D eigenvalue weighted by molar-refractivity contribution is 0.182. The number of aliphatic hydroxyl groups excluding tert-OH is 1. The van der Waals surface area contributed by atoms with Crippen LogP contribution in [-0.2, 0) is 0 Å². The SMILES string of the molecule is CN1CC(C(C)(C)C)C[C@@H]1CO. The lowest BCUT2D eigenvalue weighted by Crippen LogP contribution is -2.28. The summed E-state index contributed by atoms with van der Waals surface area (Å²) in [5.74, 6) is 0.736. The molecule has 0 amide bonds. The molecule has 1 rings (SSSR count). The predicted molar refractivity (Wildman–Crippen MR) is 51.1 cm³/mol. The highest BCUT2D eigenvalue weighted by molar-refractivity contribution is 4.88. The van der Waals surface area contributed by atoms with E-state index >= 15 is 0 Å². The van der Waals surface area contributed by atoms with Crippen molar-refractivity contribution in [3.05, 3.63) is 0 Å². The molecule has 1 heterocycles. The molecular weight excluding hydrogens is 150 g/mol. The van der Waals surface area contributed by atoms with Crippen molar-refractivity contribution < 1.29 is 5.11 Å². The van der Waals surface area contributed by atoms with Crippen molar-refractivity contribution in [1.29, 1.82) is 0 Å². The molecule has 1 N–H and O–H groups in total. The quantitative estimate of drug-likeness (QED) is 0.643. The number of aliphatic hydroxyl groups is 1. The van der Waals surface area contributed by atoms with E-state index in [4.69, 9.17) is 5.11 Å². The standard InChI is InChI=1S/C10H21NO/c1-10(2,3)8-5-9(7-12)11(4)6-8/h8-9,12H,5-7H2,1-4H3/t8?,9-/m1/s1. The Labute approximate surface area is 75.6 Å². The van der Waals surface area contributed by atoms with Crippen molar-refractivity contribution in [2.45, 2.75) is 33.2 Å². The third-order valence-corrected chi connectivity index (χ3v) is 3.12. The van der Waals surface area contributed by atoms with Gasteiger partial charge in [-0.15, -0.1) is 0 Å². The third-order valence-electron chi connectivity index (χ3n) is 3.12. The summed E-state index contributed by atoms with van der Waals surface area (Å²) >= 11 is 0. The first-order valence-electron chi connectivity index (χ1n) is 4.76. The van der Waals surface area contributed by atoms with Gasteiger partial charge in [0.1, 0.15) is 0 Å². The number of hydrogen-bond donors (Lipinski definition) is 1. The molecule has 0 aromatic carbocycles. The minimum Gasteiger partial charge on any atom is -0.395 e. The van der Waals surface area contributed by atoms with E-state index in [9.17, 15) is 0 Å². The molecule has 0 radical (unpaired) electrons. The van der Waals surface area contributed by atoms with Gasteiger partial charge in [-0.1, -0.05) is 20.8 Å². The molecule has 0 bridgehead atoms. The van der Waals surface area contributed by atoms with Gasteiger partial charge >= 0.3 is 0 Å². The van der Waals surface area contributed by atoms with Gasteiger partial charge in [0.2, 0.25) is 0 Å². The molecule has 1 aliphatic heterocycles. The molecule has 0 saturated carbocycles. The van der Waals surface area contributed by atoms with Crippen molar-refractivity contribution in [2.75, 3.05) is 20.2 Å². The maximum atomic E-state index is 9.08. The number of hydrogen-bond acceptors (Lipinski definition) is 2. The zero-order chi connectivity index (χ0) is 9.35. The Morgan fingerprint density at radius 3 is 2.25 bits per heavy atom. The van der Waals surface area contributed by atoms with Crippen molar-refractivity contribution in [3.63, 3.8) is 0 Å². The van der Waals surface area contributed by atoms with E-state index in [-0.39, 0.29) is 0 Å².